The van der Waals surface area contributed by atoms with Crippen LogP contribution in [0.1, 0.15) is 168 Å². The average molecular weight is 931 g/mol. The smallest absolute Gasteiger partial charge is 0.130 e. The first-order valence-corrected chi connectivity index (χ1v) is 26.7. The van der Waals surface area contributed by atoms with Gasteiger partial charge in [-0.2, -0.15) is 0 Å². The van der Waals surface area contributed by atoms with E-state index in [1.165, 1.54) is 52.6 Å². The molecule has 0 radical (unpaired) electrons. The number of ether oxygens (including phenoxy) is 3. The third-order valence-electron chi connectivity index (χ3n) is 22.0. The topological polar surface area (TPSA) is 88.4 Å². The molecule has 0 aliphatic heterocycles. The standard InChI is InChI=1S/3C21H26O2/c3*1-4-21(22)12-10-19-18-7-5-14-13-15(23-3)6-8-16(14)17(18)9-11-20(19,21)2/h3*1,6,8,13,17-19,22H,5,7,9-12H2,2-3H3/t3*17-,18-,19+,20+,21+/m111/s1. The molecule has 0 amide bonds. The number of terminal acetylenes is 3. The maximum Gasteiger partial charge on any atom is 0.130 e. The Morgan fingerprint density at radius 3 is 0.942 bits per heavy atom. The molecule has 6 heteroatoms. The van der Waals surface area contributed by atoms with Gasteiger partial charge in [0.15, 0.2) is 0 Å². The van der Waals surface area contributed by atoms with Gasteiger partial charge >= 0.3 is 0 Å². The summed E-state index contributed by atoms with van der Waals surface area (Å²) in [5.74, 6) is 16.7. The van der Waals surface area contributed by atoms with E-state index in [0.717, 1.165) is 114 Å². The van der Waals surface area contributed by atoms with Gasteiger partial charge in [-0.15, -0.1) is 19.3 Å². The van der Waals surface area contributed by atoms with Crippen LogP contribution >= 0.6 is 0 Å². The summed E-state index contributed by atoms with van der Waals surface area (Å²) in [5.41, 5.74) is 5.90. The van der Waals surface area contributed by atoms with Gasteiger partial charge in [-0.25, -0.2) is 0 Å². The molecule has 6 fully saturated rings. The molecule has 9 aliphatic rings. The summed E-state index contributed by atoms with van der Waals surface area (Å²) in [6, 6.07) is 19.8. The summed E-state index contributed by atoms with van der Waals surface area (Å²) in [4.78, 5) is 0. The van der Waals surface area contributed by atoms with Crippen molar-refractivity contribution in [3.8, 4) is 54.3 Å². The zero-order valence-electron chi connectivity index (χ0n) is 42.4. The summed E-state index contributed by atoms with van der Waals surface area (Å²) in [6.07, 6.45) is 36.2. The lowest BCUT2D eigenvalue weighted by Crippen LogP contribution is -2.50. The van der Waals surface area contributed by atoms with Crippen molar-refractivity contribution >= 4 is 0 Å². The Kier molecular flexibility index (Phi) is 12.4. The number of fused-ring (bicyclic) bond motifs is 15. The Morgan fingerprint density at radius 1 is 0.420 bits per heavy atom. The van der Waals surface area contributed by atoms with Crippen LogP contribution in [0.4, 0.5) is 0 Å². The number of benzene rings is 3. The Bertz CT molecular complexity index is 2300. The SMILES string of the molecule is C#C[C@]1(O)CC[C@H]2[C@@H]3CCc4cc(OC)ccc4[C@H]3CC[C@@]21C.C#C[C@]1(O)CC[C@H]2[C@@H]3CCc4cc(OC)ccc4[C@H]3CC[C@@]21C.C#C[C@]1(O)CC[C@H]2[C@@H]3CCc4cc(OC)ccc4[C@H]3CC[C@@]21C. The molecule has 0 bridgehead atoms. The number of hydrogen-bond acceptors (Lipinski definition) is 6. The van der Waals surface area contributed by atoms with Crippen molar-refractivity contribution in [1.82, 2.24) is 0 Å². The molecule has 69 heavy (non-hydrogen) atoms. The normalized spacial score (nSPS) is 41.4. The van der Waals surface area contributed by atoms with Crippen LogP contribution in [-0.4, -0.2) is 53.5 Å². The number of aryl methyl sites for hydroxylation is 3. The van der Waals surface area contributed by atoms with Gasteiger partial charge in [-0.3, -0.25) is 0 Å². The van der Waals surface area contributed by atoms with E-state index in [9.17, 15) is 15.3 Å². The zero-order valence-corrected chi connectivity index (χ0v) is 42.4. The van der Waals surface area contributed by atoms with Crippen LogP contribution in [0.15, 0.2) is 54.6 Å². The van der Waals surface area contributed by atoms with Crippen molar-refractivity contribution in [1.29, 1.82) is 0 Å². The van der Waals surface area contributed by atoms with Crippen molar-refractivity contribution in [3.63, 3.8) is 0 Å². The van der Waals surface area contributed by atoms with Crippen molar-refractivity contribution in [2.75, 3.05) is 21.3 Å². The summed E-state index contributed by atoms with van der Waals surface area (Å²) in [5, 5.41) is 32.9. The minimum atomic E-state index is -0.900. The molecule has 12 rings (SSSR count). The lowest BCUT2D eigenvalue weighted by Gasteiger charge is -2.52. The maximum atomic E-state index is 11.0. The molecular weight excluding hydrogens is 853 g/mol. The molecule has 0 saturated heterocycles. The van der Waals surface area contributed by atoms with E-state index in [1.54, 1.807) is 21.3 Å². The van der Waals surface area contributed by atoms with E-state index in [0.29, 0.717) is 53.3 Å². The highest BCUT2D eigenvalue weighted by molar-refractivity contribution is 5.44. The monoisotopic (exact) mass is 931 g/mol. The molecule has 9 aliphatic carbocycles. The first-order valence-electron chi connectivity index (χ1n) is 26.7. The second kappa shape index (κ2) is 17.7. The summed E-state index contributed by atoms with van der Waals surface area (Å²) in [6.45, 7) is 6.72. The fraction of sp³-hybridized carbons (Fsp3) is 0.619. The Labute approximate surface area is 414 Å². The number of methoxy groups -OCH3 is 3. The van der Waals surface area contributed by atoms with E-state index in [4.69, 9.17) is 33.5 Å². The van der Waals surface area contributed by atoms with E-state index >= 15 is 0 Å². The molecule has 3 N–H and O–H groups in total. The highest BCUT2D eigenvalue weighted by Crippen LogP contribution is 2.67. The molecule has 3 aromatic carbocycles. The van der Waals surface area contributed by atoms with Crippen LogP contribution < -0.4 is 14.2 Å². The van der Waals surface area contributed by atoms with Crippen molar-refractivity contribution < 1.29 is 29.5 Å². The zero-order chi connectivity index (χ0) is 48.7. The Morgan fingerprint density at radius 2 is 0.696 bits per heavy atom. The highest BCUT2D eigenvalue weighted by atomic mass is 16.5. The summed E-state index contributed by atoms with van der Waals surface area (Å²) in [7, 11) is 5.20. The van der Waals surface area contributed by atoms with Gasteiger partial charge in [0.2, 0.25) is 0 Å². The van der Waals surface area contributed by atoms with Gasteiger partial charge in [-0.1, -0.05) is 56.7 Å². The fourth-order valence-electron chi connectivity index (χ4n) is 17.8. The molecule has 0 spiro atoms. The minimum absolute atomic E-state index is 0.104. The average Bonchev–Trinajstić information content (AvgIpc) is 3.94. The van der Waals surface area contributed by atoms with Crippen LogP contribution in [0.2, 0.25) is 0 Å². The minimum Gasteiger partial charge on any atom is -0.497 e. The largest absolute Gasteiger partial charge is 0.497 e. The van der Waals surface area contributed by atoms with Gasteiger partial charge < -0.3 is 29.5 Å². The van der Waals surface area contributed by atoms with E-state index < -0.39 is 16.8 Å². The third kappa shape index (κ3) is 7.32. The molecule has 15 atom stereocenters. The quantitative estimate of drug-likeness (QED) is 0.227. The van der Waals surface area contributed by atoms with E-state index in [2.05, 4.69) is 93.1 Å². The van der Waals surface area contributed by atoms with Crippen molar-refractivity contribution in [2.24, 2.45) is 51.8 Å². The lowest BCUT2D eigenvalue weighted by atomic mass is 9.53. The van der Waals surface area contributed by atoms with Crippen LogP contribution in [0.25, 0.3) is 0 Å². The Balaban J connectivity index is 0.000000120. The van der Waals surface area contributed by atoms with Crippen LogP contribution in [-0.2, 0) is 19.3 Å². The van der Waals surface area contributed by atoms with Crippen LogP contribution in [0, 0.1) is 88.8 Å². The third-order valence-corrected chi connectivity index (χ3v) is 22.0. The molecule has 0 unspecified atom stereocenters. The molecule has 0 aromatic heterocycles. The number of rotatable bonds is 3. The van der Waals surface area contributed by atoms with E-state index in [1.807, 2.05) is 0 Å². The molecule has 6 saturated carbocycles. The van der Waals surface area contributed by atoms with Gasteiger partial charge in [-0.05, 0) is 239 Å². The van der Waals surface area contributed by atoms with Crippen molar-refractivity contribution in [2.45, 2.75) is 171 Å². The second-order valence-electron chi connectivity index (χ2n) is 23.9. The molecule has 3 aromatic rings. The maximum absolute atomic E-state index is 11.0. The Hall–Kier alpha value is -4.38. The van der Waals surface area contributed by atoms with Gasteiger partial charge in [0.25, 0.3) is 0 Å². The van der Waals surface area contributed by atoms with Gasteiger partial charge in [0, 0.05) is 16.2 Å². The summed E-state index contributed by atoms with van der Waals surface area (Å²) < 4.78 is 16.2. The molecule has 6 nitrogen and oxygen atoms in total. The van der Waals surface area contributed by atoms with Crippen molar-refractivity contribution in [3.05, 3.63) is 88.0 Å². The molecule has 0 heterocycles. The molecular formula is C63H78O6. The van der Waals surface area contributed by atoms with Crippen LogP contribution in [0.5, 0.6) is 17.2 Å². The highest BCUT2D eigenvalue weighted by Gasteiger charge is 2.63. The van der Waals surface area contributed by atoms with E-state index in [-0.39, 0.29) is 16.2 Å². The lowest BCUT2D eigenvalue weighted by molar-refractivity contribution is -0.0647. The fourth-order valence-corrected chi connectivity index (χ4v) is 17.8. The number of hydrogen-bond donors (Lipinski definition) is 3. The predicted octanol–water partition coefficient (Wildman–Crippen LogP) is 11.7. The summed E-state index contributed by atoms with van der Waals surface area (Å²) >= 11 is 0. The van der Waals surface area contributed by atoms with Gasteiger partial charge in [0.05, 0.1) is 21.3 Å². The predicted molar refractivity (Wildman–Crippen MR) is 274 cm³/mol. The van der Waals surface area contributed by atoms with Crippen LogP contribution in [0.3, 0.4) is 0 Å². The molecule has 366 valence electrons. The number of aliphatic hydroxyl groups is 3. The first kappa shape index (κ1) is 48.3. The first-order chi connectivity index (χ1) is 33.1. The second-order valence-corrected chi connectivity index (χ2v) is 23.9. The van der Waals surface area contributed by atoms with Gasteiger partial charge in [0.1, 0.15) is 34.1 Å².